The Balaban J connectivity index is 2.51. The van der Waals surface area contributed by atoms with E-state index in [0.717, 1.165) is 18.4 Å². The summed E-state index contributed by atoms with van der Waals surface area (Å²) in [6.07, 6.45) is 7.25. The van der Waals surface area contributed by atoms with Crippen molar-refractivity contribution in [3.05, 3.63) is 29.8 Å². The van der Waals surface area contributed by atoms with Gasteiger partial charge in [-0.1, -0.05) is 31.4 Å². The van der Waals surface area contributed by atoms with E-state index < -0.39 is 5.51 Å². The maximum Gasteiger partial charge on any atom is 0.446 e. The van der Waals surface area contributed by atoms with E-state index in [1.54, 1.807) is 12.1 Å². The standard InChI is InChI=1S/C14H16F3NS/c1-3-5-12(4-2)18-10-11-6-8-13(9-7-11)19-14(15,16)17/h2,6-9,12,18H,3,5,10H2,1H3. The Morgan fingerprint density at radius 2 is 1.95 bits per heavy atom. The summed E-state index contributed by atoms with van der Waals surface area (Å²) in [5, 5.41) is 3.19. The lowest BCUT2D eigenvalue weighted by atomic mass is 10.1. The van der Waals surface area contributed by atoms with Crippen LogP contribution in [0.4, 0.5) is 13.2 Å². The first-order valence-corrected chi connectivity index (χ1v) is 6.80. The number of halogens is 3. The molecule has 1 atom stereocenters. The van der Waals surface area contributed by atoms with Gasteiger partial charge in [-0.05, 0) is 35.9 Å². The van der Waals surface area contributed by atoms with Crippen molar-refractivity contribution < 1.29 is 13.2 Å². The molecular weight excluding hydrogens is 271 g/mol. The lowest BCUT2D eigenvalue weighted by molar-refractivity contribution is -0.0328. The Bertz CT molecular complexity index is 420. The fraction of sp³-hybridized carbons (Fsp3) is 0.429. The summed E-state index contributed by atoms with van der Waals surface area (Å²) in [5.41, 5.74) is -3.32. The molecule has 0 aliphatic rings. The molecule has 104 valence electrons. The first kappa shape index (κ1) is 15.9. The Morgan fingerprint density at radius 1 is 1.32 bits per heavy atom. The average molecular weight is 287 g/mol. The Hall–Kier alpha value is -1.12. The number of hydrogen-bond acceptors (Lipinski definition) is 2. The van der Waals surface area contributed by atoms with Crippen molar-refractivity contribution in [2.24, 2.45) is 0 Å². The third-order valence-corrected chi connectivity index (χ3v) is 3.23. The summed E-state index contributed by atoms with van der Waals surface area (Å²) >= 11 is -0.106. The quantitative estimate of drug-likeness (QED) is 0.622. The van der Waals surface area contributed by atoms with E-state index in [4.69, 9.17) is 6.42 Å². The van der Waals surface area contributed by atoms with Crippen LogP contribution < -0.4 is 5.32 Å². The van der Waals surface area contributed by atoms with Crippen LogP contribution in [0.1, 0.15) is 25.3 Å². The normalized spacial score (nSPS) is 13.0. The zero-order valence-corrected chi connectivity index (χ0v) is 11.4. The van der Waals surface area contributed by atoms with Crippen LogP contribution in [-0.2, 0) is 6.54 Å². The summed E-state index contributed by atoms with van der Waals surface area (Å²) in [5.74, 6) is 2.65. The molecule has 1 nitrogen and oxygen atoms in total. The molecule has 0 saturated heterocycles. The second kappa shape index (κ2) is 7.46. The van der Waals surface area contributed by atoms with Crippen LogP contribution in [0.3, 0.4) is 0 Å². The summed E-state index contributed by atoms with van der Waals surface area (Å²) in [6.45, 7) is 2.61. The van der Waals surface area contributed by atoms with E-state index in [9.17, 15) is 13.2 Å². The minimum atomic E-state index is -4.24. The second-order valence-electron chi connectivity index (χ2n) is 4.08. The van der Waals surface area contributed by atoms with Gasteiger partial charge in [0.15, 0.2) is 0 Å². The molecule has 0 bridgehead atoms. The maximum absolute atomic E-state index is 12.2. The Labute approximate surface area is 116 Å². The number of alkyl halides is 3. The molecule has 0 radical (unpaired) electrons. The summed E-state index contributed by atoms with van der Waals surface area (Å²) < 4.78 is 36.5. The van der Waals surface area contributed by atoms with Gasteiger partial charge < -0.3 is 0 Å². The number of thioether (sulfide) groups is 1. The first-order chi connectivity index (χ1) is 8.94. The van der Waals surface area contributed by atoms with E-state index in [0.29, 0.717) is 6.54 Å². The maximum atomic E-state index is 12.2. The van der Waals surface area contributed by atoms with Crippen molar-refractivity contribution in [3.63, 3.8) is 0 Å². The highest BCUT2D eigenvalue weighted by Crippen LogP contribution is 2.36. The minimum Gasteiger partial charge on any atom is -0.300 e. The Morgan fingerprint density at radius 3 is 2.42 bits per heavy atom. The van der Waals surface area contributed by atoms with Gasteiger partial charge in [0.05, 0.1) is 6.04 Å². The Kier molecular flexibility index (Phi) is 6.26. The molecule has 0 spiro atoms. The van der Waals surface area contributed by atoms with Gasteiger partial charge in [0, 0.05) is 11.4 Å². The van der Waals surface area contributed by atoms with Gasteiger partial charge in [-0.3, -0.25) is 5.32 Å². The summed E-state index contributed by atoms with van der Waals surface area (Å²) in [7, 11) is 0. The molecule has 5 heteroatoms. The van der Waals surface area contributed by atoms with E-state index in [2.05, 4.69) is 18.2 Å². The lowest BCUT2D eigenvalue weighted by Crippen LogP contribution is -2.26. The van der Waals surface area contributed by atoms with E-state index in [-0.39, 0.29) is 22.7 Å². The minimum absolute atomic E-state index is 0.00854. The molecule has 0 amide bonds. The van der Waals surface area contributed by atoms with Crippen LogP contribution in [0, 0.1) is 12.3 Å². The van der Waals surface area contributed by atoms with Crippen LogP contribution in [0.25, 0.3) is 0 Å². The SMILES string of the molecule is C#CC(CCC)NCc1ccc(SC(F)(F)F)cc1. The highest BCUT2D eigenvalue weighted by molar-refractivity contribution is 8.00. The number of nitrogens with one attached hydrogen (secondary N) is 1. The number of rotatable bonds is 6. The molecule has 19 heavy (non-hydrogen) atoms. The third-order valence-electron chi connectivity index (χ3n) is 2.49. The first-order valence-electron chi connectivity index (χ1n) is 5.99. The largest absolute Gasteiger partial charge is 0.446 e. The van der Waals surface area contributed by atoms with Crippen LogP contribution in [0.5, 0.6) is 0 Å². The van der Waals surface area contributed by atoms with Crippen molar-refractivity contribution in [3.8, 4) is 12.3 Å². The number of terminal acetylenes is 1. The van der Waals surface area contributed by atoms with Crippen LogP contribution in [0.15, 0.2) is 29.2 Å². The van der Waals surface area contributed by atoms with E-state index in [1.807, 2.05) is 0 Å². The van der Waals surface area contributed by atoms with Gasteiger partial charge in [0.1, 0.15) is 0 Å². The zero-order chi connectivity index (χ0) is 14.3. The van der Waals surface area contributed by atoms with Gasteiger partial charge >= 0.3 is 5.51 Å². The highest BCUT2D eigenvalue weighted by atomic mass is 32.2. The predicted molar refractivity (Wildman–Crippen MR) is 72.7 cm³/mol. The summed E-state index contributed by atoms with van der Waals surface area (Å²) in [4.78, 5) is 0.193. The third kappa shape index (κ3) is 6.55. The van der Waals surface area contributed by atoms with Crippen molar-refractivity contribution in [2.75, 3.05) is 0 Å². The molecule has 1 aromatic rings. The molecule has 0 aliphatic heterocycles. The molecule has 1 N–H and O–H groups in total. The topological polar surface area (TPSA) is 12.0 Å². The van der Waals surface area contributed by atoms with Crippen LogP contribution in [-0.4, -0.2) is 11.6 Å². The predicted octanol–water partition coefficient (Wildman–Crippen LogP) is 4.19. The number of benzene rings is 1. The van der Waals surface area contributed by atoms with Gasteiger partial charge in [-0.25, -0.2) is 0 Å². The molecule has 1 rings (SSSR count). The fourth-order valence-corrected chi connectivity index (χ4v) is 2.12. The van der Waals surface area contributed by atoms with E-state index in [1.165, 1.54) is 12.1 Å². The second-order valence-corrected chi connectivity index (χ2v) is 5.22. The van der Waals surface area contributed by atoms with Gasteiger partial charge in [-0.15, -0.1) is 6.42 Å². The fourth-order valence-electron chi connectivity index (χ4n) is 1.58. The molecule has 1 unspecified atom stereocenters. The van der Waals surface area contributed by atoms with Crippen molar-refractivity contribution in [2.45, 2.75) is 42.8 Å². The summed E-state index contributed by atoms with van der Waals surface area (Å²) in [6, 6.07) is 6.32. The molecule has 1 aromatic carbocycles. The van der Waals surface area contributed by atoms with Crippen molar-refractivity contribution in [1.82, 2.24) is 5.32 Å². The average Bonchev–Trinajstić information content (AvgIpc) is 2.34. The molecule has 0 saturated carbocycles. The van der Waals surface area contributed by atoms with E-state index >= 15 is 0 Å². The van der Waals surface area contributed by atoms with Crippen LogP contribution in [0.2, 0.25) is 0 Å². The van der Waals surface area contributed by atoms with Gasteiger partial charge in [0.2, 0.25) is 0 Å². The molecule has 0 heterocycles. The van der Waals surface area contributed by atoms with Crippen LogP contribution >= 0.6 is 11.8 Å². The molecule has 0 aliphatic carbocycles. The van der Waals surface area contributed by atoms with Gasteiger partial charge in [0.25, 0.3) is 0 Å². The monoisotopic (exact) mass is 287 g/mol. The molecular formula is C14H16F3NS. The van der Waals surface area contributed by atoms with Crippen molar-refractivity contribution in [1.29, 1.82) is 0 Å². The van der Waals surface area contributed by atoms with Gasteiger partial charge in [-0.2, -0.15) is 13.2 Å². The lowest BCUT2D eigenvalue weighted by Gasteiger charge is -2.12. The zero-order valence-electron chi connectivity index (χ0n) is 10.6. The molecule has 0 aromatic heterocycles. The smallest absolute Gasteiger partial charge is 0.300 e. The molecule has 0 fully saturated rings. The highest BCUT2D eigenvalue weighted by Gasteiger charge is 2.28. The number of hydrogen-bond donors (Lipinski definition) is 1. The van der Waals surface area contributed by atoms with Crippen molar-refractivity contribution >= 4 is 11.8 Å².